The Morgan fingerprint density at radius 1 is 1.20 bits per heavy atom. The molecule has 7 nitrogen and oxygen atoms in total. The van der Waals surface area contributed by atoms with Gasteiger partial charge in [0, 0.05) is 50.7 Å². The first-order valence-electron chi connectivity index (χ1n) is 8.05. The van der Waals surface area contributed by atoms with Gasteiger partial charge in [0.15, 0.2) is 0 Å². The van der Waals surface area contributed by atoms with E-state index in [4.69, 9.17) is 4.74 Å². The fourth-order valence-electron chi connectivity index (χ4n) is 2.84. The number of hydrogen-bond acceptors (Lipinski definition) is 5. The minimum Gasteiger partial charge on any atom is -0.497 e. The molecule has 0 amide bonds. The van der Waals surface area contributed by atoms with Crippen LogP contribution in [0.2, 0.25) is 0 Å². The molecule has 0 unspecified atom stereocenters. The van der Waals surface area contributed by atoms with Gasteiger partial charge in [-0.1, -0.05) is 6.58 Å². The topological polar surface area (TPSA) is 67.7 Å². The predicted octanol–water partition coefficient (Wildman–Crippen LogP) is 1.50. The summed E-state index contributed by atoms with van der Waals surface area (Å²) >= 11 is 0. The highest BCUT2D eigenvalue weighted by atomic mass is 32.2. The van der Waals surface area contributed by atoms with Crippen LogP contribution >= 0.6 is 0 Å². The molecule has 0 radical (unpaired) electrons. The molecular formula is C17H22N4O3S. The summed E-state index contributed by atoms with van der Waals surface area (Å²) in [6.45, 7) is 6.76. The lowest BCUT2D eigenvalue weighted by Gasteiger charge is -2.33. The summed E-state index contributed by atoms with van der Waals surface area (Å²) in [5.74, 6) is 0.642. The van der Waals surface area contributed by atoms with Gasteiger partial charge in [-0.05, 0) is 24.3 Å². The third kappa shape index (κ3) is 3.92. The van der Waals surface area contributed by atoms with Crippen LogP contribution in [0.1, 0.15) is 5.56 Å². The molecule has 1 fully saturated rings. The Hall–Kier alpha value is -2.16. The van der Waals surface area contributed by atoms with Gasteiger partial charge in [0.25, 0.3) is 0 Å². The minimum atomic E-state index is -3.46. The third-order valence-electron chi connectivity index (χ3n) is 4.28. The van der Waals surface area contributed by atoms with Crippen LogP contribution in [0, 0.1) is 0 Å². The number of nitrogens with zero attached hydrogens (tertiary/aromatic N) is 4. The van der Waals surface area contributed by atoms with Gasteiger partial charge in [0.2, 0.25) is 10.0 Å². The minimum absolute atomic E-state index is 0.300. The van der Waals surface area contributed by atoms with E-state index in [-0.39, 0.29) is 0 Å². The molecule has 0 spiro atoms. The number of aromatic nitrogens is 2. The normalized spacial score (nSPS) is 16.7. The number of sulfonamides is 1. The summed E-state index contributed by atoms with van der Waals surface area (Å²) in [4.78, 5) is 2.53. The molecular weight excluding hydrogens is 340 g/mol. The lowest BCUT2D eigenvalue weighted by molar-refractivity contribution is 0.181. The van der Waals surface area contributed by atoms with E-state index < -0.39 is 10.0 Å². The first kappa shape index (κ1) is 17.7. The van der Waals surface area contributed by atoms with Crippen LogP contribution in [0.4, 0.5) is 0 Å². The predicted molar refractivity (Wildman–Crippen MR) is 95.6 cm³/mol. The summed E-state index contributed by atoms with van der Waals surface area (Å²) in [7, 11) is -1.90. The highest BCUT2D eigenvalue weighted by Gasteiger charge is 2.28. The summed E-state index contributed by atoms with van der Waals surface area (Å²) in [5.41, 5.74) is 1.09. The van der Waals surface area contributed by atoms with Gasteiger partial charge < -0.3 is 4.74 Å². The quantitative estimate of drug-likeness (QED) is 0.779. The lowest BCUT2D eigenvalue weighted by Crippen LogP contribution is -2.48. The molecule has 0 N–H and O–H groups in total. The summed E-state index contributed by atoms with van der Waals surface area (Å²) < 4.78 is 33.8. The van der Waals surface area contributed by atoms with Crippen molar-refractivity contribution in [1.82, 2.24) is 19.0 Å². The van der Waals surface area contributed by atoms with Crippen LogP contribution in [-0.4, -0.2) is 60.7 Å². The molecule has 134 valence electrons. The molecule has 0 saturated carbocycles. The largest absolute Gasteiger partial charge is 0.497 e. The van der Waals surface area contributed by atoms with Gasteiger partial charge in [-0.3, -0.25) is 4.90 Å². The van der Waals surface area contributed by atoms with Crippen LogP contribution < -0.4 is 4.74 Å². The smallest absolute Gasteiger partial charge is 0.243 e. The highest BCUT2D eigenvalue weighted by molar-refractivity contribution is 7.89. The standard InChI is InChI=1S/C17H22N4O3S/c1-3-20-14-15(12-18-20)13-19-8-10-21(11-9-19)25(22,23)17-6-4-16(24-2)5-7-17/h3-7,12,14H,1,8-11,13H2,2H3. The van der Waals surface area contributed by atoms with E-state index in [1.165, 1.54) is 0 Å². The van der Waals surface area contributed by atoms with Crippen LogP contribution in [0.25, 0.3) is 6.20 Å². The van der Waals surface area contributed by atoms with Gasteiger partial charge >= 0.3 is 0 Å². The average molecular weight is 362 g/mol. The van der Waals surface area contributed by atoms with Crippen molar-refractivity contribution in [3.63, 3.8) is 0 Å². The van der Waals surface area contributed by atoms with E-state index in [1.807, 2.05) is 12.4 Å². The van der Waals surface area contributed by atoms with E-state index in [0.29, 0.717) is 36.8 Å². The van der Waals surface area contributed by atoms with Crippen molar-refractivity contribution < 1.29 is 13.2 Å². The Morgan fingerprint density at radius 3 is 2.44 bits per heavy atom. The second-order valence-electron chi connectivity index (χ2n) is 5.87. The molecule has 2 aromatic rings. The van der Waals surface area contributed by atoms with Gasteiger partial charge in [-0.2, -0.15) is 9.40 Å². The molecule has 0 bridgehead atoms. The van der Waals surface area contributed by atoms with Crippen molar-refractivity contribution in [1.29, 1.82) is 0 Å². The lowest BCUT2D eigenvalue weighted by atomic mass is 10.3. The average Bonchev–Trinajstić information content (AvgIpc) is 3.10. The van der Waals surface area contributed by atoms with Crippen molar-refractivity contribution in [2.75, 3.05) is 33.3 Å². The third-order valence-corrected chi connectivity index (χ3v) is 6.19. The zero-order valence-corrected chi connectivity index (χ0v) is 15.0. The van der Waals surface area contributed by atoms with E-state index in [0.717, 1.165) is 12.1 Å². The van der Waals surface area contributed by atoms with Crippen molar-refractivity contribution in [3.8, 4) is 5.75 Å². The van der Waals surface area contributed by atoms with Gasteiger partial charge in [0.1, 0.15) is 5.75 Å². The molecule has 1 aliphatic rings. The number of methoxy groups -OCH3 is 1. The SMILES string of the molecule is C=Cn1cc(CN2CCN(S(=O)(=O)c3ccc(OC)cc3)CC2)cn1. The maximum absolute atomic E-state index is 12.7. The molecule has 3 rings (SSSR count). The monoisotopic (exact) mass is 362 g/mol. The van der Waals surface area contributed by atoms with E-state index in [1.54, 1.807) is 46.6 Å². The fourth-order valence-corrected chi connectivity index (χ4v) is 4.26. The van der Waals surface area contributed by atoms with Crippen LogP contribution in [0.5, 0.6) is 5.75 Å². The first-order valence-corrected chi connectivity index (χ1v) is 9.49. The van der Waals surface area contributed by atoms with Crippen LogP contribution in [0.15, 0.2) is 48.1 Å². The van der Waals surface area contributed by atoms with Crippen molar-refractivity contribution >= 4 is 16.2 Å². The van der Waals surface area contributed by atoms with Crippen molar-refractivity contribution in [3.05, 3.63) is 48.8 Å². The molecule has 8 heteroatoms. The Labute approximate surface area is 148 Å². The molecule has 1 aliphatic heterocycles. The van der Waals surface area contributed by atoms with Gasteiger partial charge in [0.05, 0.1) is 18.2 Å². The Bertz CT molecular complexity index is 822. The van der Waals surface area contributed by atoms with Gasteiger partial charge in [-0.25, -0.2) is 13.1 Å². The van der Waals surface area contributed by atoms with Crippen molar-refractivity contribution in [2.24, 2.45) is 0 Å². The van der Waals surface area contributed by atoms with E-state index in [9.17, 15) is 8.42 Å². The highest BCUT2D eigenvalue weighted by Crippen LogP contribution is 2.21. The summed E-state index contributed by atoms with van der Waals surface area (Å²) in [6.07, 6.45) is 5.37. The number of benzene rings is 1. The van der Waals surface area contributed by atoms with Crippen LogP contribution in [-0.2, 0) is 16.6 Å². The molecule has 1 saturated heterocycles. The van der Waals surface area contributed by atoms with Crippen molar-refractivity contribution in [2.45, 2.75) is 11.4 Å². The second-order valence-corrected chi connectivity index (χ2v) is 7.80. The number of hydrogen-bond donors (Lipinski definition) is 0. The van der Waals surface area contributed by atoms with Crippen LogP contribution in [0.3, 0.4) is 0 Å². The molecule has 0 aliphatic carbocycles. The summed E-state index contributed by atoms with van der Waals surface area (Å²) in [6, 6.07) is 6.51. The molecule has 1 aromatic heterocycles. The molecule has 25 heavy (non-hydrogen) atoms. The van der Waals surface area contributed by atoms with E-state index >= 15 is 0 Å². The molecule has 2 heterocycles. The fraction of sp³-hybridized carbons (Fsp3) is 0.353. The molecule has 0 atom stereocenters. The number of rotatable bonds is 6. The van der Waals surface area contributed by atoms with Gasteiger partial charge in [-0.15, -0.1) is 0 Å². The first-order chi connectivity index (χ1) is 12.0. The zero-order chi connectivity index (χ0) is 17.9. The Balaban J connectivity index is 1.61. The number of piperazine rings is 1. The number of ether oxygens (including phenoxy) is 1. The Kier molecular flexibility index (Phi) is 5.22. The molecule has 1 aromatic carbocycles. The Morgan fingerprint density at radius 2 is 1.88 bits per heavy atom. The maximum atomic E-state index is 12.7. The van der Waals surface area contributed by atoms with E-state index in [2.05, 4.69) is 16.6 Å². The summed E-state index contributed by atoms with van der Waals surface area (Å²) in [5, 5.41) is 4.16. The second kappa shape index (κ2) is 7.38. The maximum Gasteiger partial charge on any atom is 0.243 e. The zero-order valence-electron chi connectivity index (χ0n) is 14.2.